The predicted octanol–water partition coefficient (Wildman–Crippen LogP) is 4.70. The minimum atomic E-state index is -3.93. The van der Waals surface area contributed by atoms with Gasteiger partial charge in [-0.2, -0.15) is 0 Å². The van der Waals surface area contributed by atoms with Crippen LogP contribution in [-0.2, 0) is 21.4 Å². The Bertz CT molecular complexity index is 1150. The maximum absolute atomic E-state index is 13.5. The maximum Gasteiger partial charge on any atom is 0.264 e. The first kappa shape index (κ1) is 21.7. The van der Waals surface area contributed by atoms with Crippen molar-refractivity contribution in [1.82, 2.24) is 0 Å². The topological polar surface area (TPSA) is 75.7 Å². The van der Waals surface area contributed by atoms with E-state index < -0.39 is 10.0 Å². The van der Waals surface area contributed by atoms with Gasteiger partial charge in [0, 0.05) is 23.7 Å². The lowest BCUT2D eigenvalue weighted by Gasteiger charge is -2.25. The minimum absolute atomic E-state index is 0.0443. The van der Waals surface area contributed by atoms with Crippen LogP contribution in [0.2, 0.25) is 5.02 Å². The first-order valence-electron chi connectivity index (χ1n) is 9.09. The van der Waals surface area contributed by atoms with E-state index in [1.165, 1.54) is 30.5 Å². The molecule has 0 aliphatic rings. The third-order valence-electron chi connectivity index (χ3n) is 4.38. The molecule has 0 atom stereocenters. The summed E-state index contributed by atoms with van der Waals surface area (Å²) in [6.45, 7) is 1.43. The van der Waals surface area contributed by atoms with Gasteiger partial charge in [-0.3, -0.25) is 9.10 Å². The molecule has 3 aromatic carbocycles. The van der Waals surface area contributed by atoms with E-state index in [1.54, 1.807) is 60.7 Å². The second-order valence-electron chi connectivity index (χ2n) is 6.51. The van der Waals surface area contributed by atoms with E-state index in [0.29, 0.717) is 27.7 Å². The molecule has 1 N–H and O–H groups in total. The molecule has 0 aliphatic heterocycles. The van der Waals surface area contributed by atoms with Crippen LogP contribution in [0.25, 0.3) is 0 Å². The predicted molar refractivity (Wildman–Crippen MR) is 119 cm³/mol. The van der Waals surface area contributed by atoms with Crippen LogP contribution in [0.15, 0.2) is 77.7 Å². The van der Waals surface area contributed by atoms with Crippen LogP contribution in [0.4, 0.5) is 11.4 Å². The summed E-state index contributed by atoms with van der Waals surface area (Å²) >= 11 is 6.29. The van der Waals surface area contributed by atoms with Gasteiger partial charge in [-0.1, -0.05) is 35.9 Å². The maximum atomic E-state index is 13.5. The lowest BCUT2D eigenvalue weighted by Crippen LogP contribution is -2.30. The second-order valence-corrected chi connectivity index (χ2v) is 8.78. The Labute approximate surface area is 181 Å². The largest absolute Gasteiger partial charge is 0.497 e. The zero-order valence-corrected chi connectivity index (χ0v) is 18.1. The summed E-state index contributed by atoms with van der Waals surface area (Å²) in [5.41, 5.74) is 1.63. The summed E-state index contributed by atoms with van der Waals surface area (Å²) in [5, 5.41) is 3.10. The zero-order valence-electron chi connectivity index (χ0n) is 16.5. The number of nitrogens with one attached hydrogen (secondary N) is 1. The SMILES string of the molecule is COc1cccc(N(Cc2ccccc2Cl)S(=O)(=O)c2ccc(NC(C)=O)cc2)c1. The molecule has 0 aromatic heterocycles. The fourth-order valence-electron chi connectivity index (χ4n) is 2.90. The molecule has 156 valence electrons. The van der Waals surface area contributed by atoms with Gasteiger partial charge in [0.15, 0.2) is 0 Å². The average Bonchev–Trinajstić information content (AvgIpc) is 2.73. The molecular formula is C22H21ClN2O4S. The molecule has 0 heterocycles. The smallest absolute Gasteiger partial charge is 0.264 e. The highest BCUT2D eigenvalue weighted by Gasteiger charge is 2.26. The van der Waals surface area contributed by atoms with Gasteiger partial charge < -0.3 is 10.1 Å². The summed E-state index contributed by atoms with van der Waals surface area (Å²) in [7, 11) is -2.41. The van der Waals surface area contributed by atoms with Crippen LogP contribution >= 0.6 is 11.6 Å². The van der Waals surface area contributed by atoms with Gasteiger partial charge >= 0.3 is 0 Å². The van der Waals surface area contributed by atoms with E-state index in [2.05, 4.69) is 5.32 Å². The van der Waals surface area contributed by atoms with Crippen molar-refractivity contribution in [2.45, 2.75) is 18.4 Å². The molecule has 0 bridgehead atoms. The highest BCUT2D eigenvalue weighted by Crippen LogP contribution is 2.30. The molecule has 0 aliphatic carbocycles. The first-order valence-corrected chi connectivity index (χ1v) is 10.9. The van der Waals surface area contributed by atoms with Crippen molar-refractivity contribution in [3.63, 3.8) is 0 Å². The highest BCUT2D eigenvalue weighted by molar-refractivity contribution is 7.92. The van der Waals surface area contributed by atoms with Gasteiger partial charge in [0.05, 0.1) is 24.2 Å². The number of hydrogen-bond donors (Lipinski definition) is 1. The van der Waals surface area contributed by atoms with Crippen LogP contribution in [0.1, 0.15) is 12.5 Å². The minimum Gasteiger partial charge on any atom is -0.497 e. The summed E-state index contributed by atoms with van der Waals surface area (Å²) in [6, 6.07) is 19.9. The van der Waals surface area contributed by atoms with Crippen molar-refractivity contribution in [1.29, 1.82) is 0 Å². The Morgan fingerprint density at radius 2 is 1.73 bits per heavy atom. The van der Waals surface area contributed by atoms with Crippen LogP contribution < -0.4 is 14.4 Å². The standard InChI is InChI=1S/C22H21ClN2O4S/c1-16(26)24-18-10-12-21(13-11-18)30(27,28)25(15-17-6-3-4-9-22(17)23)19-7-5-8-20(14-19)29-2/h3-14H,15H2,1-2H3,(H,24,26). The summed E-state index contributed by atoms with van der Waals surface area (Å²) < 4.78 is 33.6. The van der Waals surface area contributed by atoms with Crippen molar-refractivity contribution < 1.29 is 17.9 Å². The van der Waals surface area contributed by atoms with E-state index in [1.807, 2.05) is 0 Å². The lowest BCUT2D eigenvalue weighted by molar-refractivity contribution is -0.114. The number of rotatable bonds is 7. The number of carbonyl (C=O) groups is 1. The number of methoxy groups -OCH3 is 1. The number of ether oxygens (including phenoxy) is 1. The monoisotopic (exact) mass is 444 g/mol. The highest BCUT2D eigenvalue weighted by atomic mass is 35.5. The molecule has 6 nitrogen and oxygen atoms in total. The Hall–Kier alpha value is -3.03. The Kier molecular flexibility index (Phi) is 6.64. The number of amides is 1. The zero-order chi connectivity index (χ0) is 21.7. The van der Waals surface area contributed by atoms with E-state index in [4.69, 9.17) is 16.3 Å². The molecule has 0 saturated carbocycles. The fourth-order valence-corrected chi connectivity index (χ4v) is 4.53. The Balaban J connectivity index is 2.05. The molecule has 8 heteroatoms. The summed E-state index contributed by atoms with van der Waals surface area (Å²) in [5.74, 6) is 0.301. The van der Waals surface area contributed by atoms with Crippen molar-refractivity contribution >= 4 is 38.9 Å². The van der Waals surface area contributed by atoms with Crippen molar-refractivity contribution in [2.75, 3.05) is 16.7 Å². The Morgan fingerprint density at radius 1 is 1.03 bits per heavy atom. The van der Waals surface area contributed by atoms with Crippen LogP contribution in [-0.4, -0.2) is 21.4 Å². The third kappa shape index (κ3) is 4.93. The fraction of sp³-hybridized carbons (Fsp3) is 0.136. The molecule has 0 fully saturated rings. The van der Waals surface area contributed by atoms with E-state index in [0.717, 1.165) is 0 Å². The average molecular weight is 445 g/mol. The van der Waals surface area contributed by atoms with Crippen LogP contribution in [0.3, 0.4) is 0 Å². The first-order chi connectivity index (χ1) is 14.3. The molecule has 0 radical (unpaired) electrons. The molecule has 0 saturated heterocycles. The van der Waals surface area contributed by atoms with Gasteiger partial charge in [0.1, 0.15) is 5.75 Å². The number of hydrogen-bond acceptors (Lipinski definition) is 4. The number of carbonyl (C=O) groups excluding carboxylic acids is 1. The number of nitrogens with zero attached hydrogens (tertiary/aromatic N) is 1. The van der Waals surface area contributed by atoms with Gasteiger partial charge in [-0.15, -0.1) is 0 Å². The number of benzene rings is 3. The molecular weight excluding hydrogens is 424 g/mol. The normalized spacial score (nSPS) is 11.0. The number of sulfonamides is 1. The summed E-state index contributed by atoms with van der Waals surface area (Å²) in [6.07, 6.45) is 0. The molecule has 1 amide bonds. The third-order valence-corrected chi connectivity index (χ3v) is 6.53. The molecule has 3 aromatic rings. The Morgan fingerprint density at radius 3 is 2.37 bits per heavy atom. The lowest BCUT2D eigenvalue weighted by atomic mass is 10.2. The van der Waals surface area contributed by atoms with Gasteiger partial charge in [-0.05, 0) is 48.0 Å². The van der Waals surface area contributed by atoms with Gasteiger partial charge in [0.2, 0.25) is 5.91 Å². The molecule has 30 heavy (non-hydrogen) atoms. The van der Waals surface area contributed by atoms with Crippen molar-refractivity contribution in [3.8, 4) is 5.75 Å². The quantitative estimate of drug-likeness (QED) is 0.573. The molecule has 0 spiro atoms. The van der Waals surface area contributed by atoms with Crippen LogP contribution in [0.5, 0.6) is 5.75 Å². The van der Waals surface area contributed by atoms with Crippen molar-refractivity contribution in [3.05, 3.63) is 83.4 Å². The van der Waals surface area contributed by atoms with Gasteiger partial charge in [0.25, 0.3) is 10.0 Å². The van der Waals surface area contributed by atoms with Gasteiger partial charge in [-0.25, -0.2) is 8.42 Å². The van der Waals surface area contributed by atoms with Crippen LogP contribution in [0, 0.1) is 0 Å². The van der Waals surface area contributed by atoms with Crippen molar-refractivity contribution in [2.24, 2.45) is 0 Å². The summed E-state index contributed by atoms with van der Waals surface area (Å²) in [4.78, 5) is 11.3. The second kappa shape index (κ2) is 9.19. The van der Waals surface area contributed by atoms with E-state index >= 15 is 0 Å². The van der Waals surface area contributed by atoms with E-state index in [9.17, 15) is 13.2 Å². The number of anilines is 2. The van der Waals surface area contributed by atoms with E-state index in [-0.39, 0.29) is 17.3 Å². The molecule has 3 rings (SSSR count). The number of halogens is 1. The molecule has 0 unspecified atom stereocenters.